The maximum atomic E-state index is 11.6. The maximum Gasteiger partial charge on any atom is 0.239 e. The molecule has 0 heterocycles. The van der Waals surface area contributed by atoms with Gasteiger partial charge in [0.2, 0.25) is 5.91 Å². The summed E-state index contributed by atoms with van der Waals surface area (Å²) < 4.78 is 5.72. The van der Waals surface area contributed by atoms with Crippen LogP contribution in [0.1, 0.15) is 18.4 Å². The highest BCUT2D eigenvalue weighted by Crippen LogP contribution is 2.19. The molecule has 2 aromatic carbocycles. The molecule has 2 aromatic rings. The second-order valence-electron chi connectivity index (χ2n) is 5.63. The van der Waals surface area contributed by atoms with E-state index in [0.29, 0.717) is 19.2 Å². The first kappa shape index (κ1) is 15.7. The number of rotatable bonds is 7. The molecule has 0 aromatic heterocycles. The van der Waals surface area contributed by atoms with E-state index in [1.54, 1.807) is 0 Å². The predicted octanol–water partition coefficient (Wildman–Crippen LogP) is 3.61. The molecule has 1 aliphatic carbocycles. The van der Waals surface area contributed by atoms with Crippen LogP contribution in [0.15, 0.2) is 48.5 Å². The van der Waals surface area contributed by atoms with Crippen molar-refractivity contribution in [1.29, 1.82) is 0 Å². The number of ether oxygens (including phenoxy) is 1. The normalized spacial score (nSPS) is 13.4. The average molecular weight is 331 g/mol. The van der Waals surface area contributed by atoms with Crippen molar-refractivity contribution in [2.45, 2.75) is 25.5 Å². The number of carbonyl (C=O) groups excluding carboxylic acids is 1. The van der Waals surface area contributed by atoms with Gasteiger partial charge in [0.15, 0.2) is 0 Å². The fourth-order valence-electron chi connectivity index (χ4n) is 2.11. The SMILES string of the molecule is O=C(CNc1ccc(OCc2ccc(Cl)cc2)cc1)NC1CC1. The molecular formula is C18H19ClN2O2. The Morgan fingerprint density at radius 2 is 1.78 bits per heavy atom. The molecule has 23 heavy (non-hydrogen) atoms. The van der Waals surface area contributed by atoms with Gasteiger partial charge in [-0.2, -0.15) is 0 Å². The van der Waals surface area contributed by atoms with Crippen LogP contribution in [0.4, 0.5) is 5.69 Å². The van der Waals surface area contributed by atoms with Crippen molar-refractivity contribution < 1.29 is 9.53 Å². The molecular weight excluding hydrogens is 312 g/mol. The van der Waals surface area contributed by atoms with Crippen LogP contribution in [0.25, 0.3) is 0 Å². The molecule has 4 nitrogen and oxygen atoms in total. The molecule has 1 aliphatic rings. The topological polar surface area (TPSA) is 50.4 Å². The Hall–Kier alpha value is -2.20. The lowest BCUT2D eigenvalue weighted by Crippen LogP contribution is -2.31. The van der Waals surface area contributed by atoms with Gasteiger partial charge in [-0.3, -0.25) is 4.79 Å². The van der Waals surface area contributed by atoms with Crippen molar-refractivity contribution in [3.63, 3.8) is 0 Å². The van der Waals surface area contributed by atoms with E-state index < -0.39 is 0 Å². The minimum atomic E-state index is 0.0376. The zero-order valence-electron chi connectivity index (χ0n) is 12.7. The number of anilines is 1. The zero-order chi connectivity index (χ0) is 16.1. The molecule has 0 aliphatic heterocycles. The summed E-state index contributed by atoms with van der Waals surface area (Å²) in [6.45, 7) is 0.787. The monoisotopic (exact) mass is 330 g/mol. The highest BCUT2D eigenvalue weighted by Gasteiger charge is 2.22. The number of halogens is 1. The fraction of sp³-hybridized carbons (Fsp3) is 0.278. The summed E-state index contributed by atoms with van der Waals surface area (Å²) in [6.07, 6.45) is 2.21. The van der Waals surface area contributed by atoms with Gasteiger partial charge < -0.3 is 15.4 Å². The van der Waals surface area contributed by atoms with Gasteiger partial charge in [-0.15, -0.1) is 0 Å². The molecule has 0 radical (unpaired) electrons. The Bertz CT molecular complexity index is 652. The molecule has 3 rings (SSSR count). The van der Waals surface area contributed by atoms with Crippen LogP contribution in [0.5, 0.6) is 5.75 Å². The predicted molar refractivity (Wildman–Crippen MR) is 91.9 cm³/mol. The van der Waals surface area contributed by atoms with Gasteiger partial charge in [-0.25, -0.2) is 0 Å². The fourth-order valence-corrected chi connectivity index (χ4v) is 2.23. The number of amides is 1. The van der Waals surface area contributed by atoms with E-state index >= 15 is 0 Å². The molecule has 0 unspecified atom stereocenters. The van der Waals surface area contributed by atoms with Crippen LogP contribution in [0.3, 0.4) is 0 Å². The highest BCUT2D eigenvalue weighted by atomic mass is 35.5. The van der Waals surface area contributed by atoms with Gasteiger partial charge in [-0.05, 0) is 54.8 Å². The summed E-state index contributed by atoms with van der Waals surface area (Å²) in [5.41, 5.74) is 1.96. The molecule has 1 saturated carbocycles. The third-order valence-corrected chi connectivity index (χ3v) is 3.82. The van der Waals surface area contributed by atoms with Crippen LogP contribution in [0.2, 0.25) is 5.02 Å². The van der Waals surface area contributed by atoms with Crippen LogP contribution < -0.4 is 15.4 Å². The molecule has 1 fully saturated rings. The quantitative estimate of drug-likeness (QED) is 0.815. The molecule has 0 atom stereocenters. The largest absolute Gasteiger partial charge is 0.489 e. The number of carbonyl (C=O) groups is 1. The van der Waals surface area contributed by atoms with Gasteiger partial charge in [0.05, 0.1) is 6.54 Å². The number of benzene rings is 2. The third-order valence-electron chi connectivity index (χ3n) is 3.57. The molecule has 2 N–H and O–H groups in total. The smallest absolute Gasteiger partial charge is 0.239 e. The van der Waals surface area contributed by atoms with Crippen LogP contribution in [-0.2, 0) is 11.4 Å². The zero-order valence-corrected chi connectivity index (χ0v) is 13.5. The van der Waals surface area contributed by atoms with Gasteiger partial charge >= 0.3 is 0 Å². The molecule has 5 heteroatoms. The van der Waals surface area contributed by atoms with E-state index in [1.165, 1.54) is 0 Å². The van der Waals surface area contributed by atoms with Crippen molar-refractivity contribution in [2.75, 3.05) is 11.9 Å². The molecule has 1 amide bonds. The van der Waals surface area contributed by atoms with Crippen LogP contribution in [0, 0.1) is 0 Å². The van der Waals surface area contributed by atoms with Crippen molar-refractivity contribution >= 4 is 23.2 Å². The van der Waals surface area contributed by atoms with Gasteiger partial charge in [-0.1, -0.05) is 23.7 Å². The Labute approximate surface area is 140 Å². The summed E-state index contributed by atoms with van der Waals surface area (Å²) in [4.78, 5) is 11.6. The summed E-state index contributed by atoms with van der Waals surface area (Å²) in [6, 6.07) is 15.6. The van der Waals surface area contributed by atoms with Gasteiger partial charge in [0.1, 0.15) is 12.4 Å². The Morgan fingerprint density at radius 3 is 2.43 bits per heavy atom. The maximum absolute atomic E-state index is 11.6. The first-order valence-electron chi connectivity index (χ1n) is 7.69. The Kier molecular flexibility index (Phi) is 5.03. The van der Waals surface area contributed by atoms with E-state index in [2.05, 4.69) is 10.6 Å². The van der Waals surface area contributed by atoms with Crippen molar-refractivity contribution in [3.8, 4) is 5.75 Å². The molecule has 0 spiro atoms. The van der Waals surface area contributed by atoms with Gasteiger partial charge in [0.25, 0.3) is 0 Å². The summed E-state index contributed by atoms with van der Waals surface area (Å²) in [7, 11) is 0. The first-order chi connectivity index (χ1) is 11.2. The summed E-state index contributed by atoms with van der Waals surface area (Å²) in [5, 5.41) is 6.76. The second-order valence-corrected chi connectivity index (χ2v) is 6.07. The second kappa shape index (κ2) is 7.38. The molecule has 120 valence electrons. The van der Waals surface area contributed by atoms with E-state index in [9.17, 15) is 4.79 Å². The lowest BCUT2D eigenvalue weighted by atomic mass is 10.2. The summed E-state index contributed by atoms with van der Waals surface area (Å²) >= 11 is 5.85. The number of hydrogen-bond acceptors (Lipinski definition) is 3. The van der Waals surface area contributed by atoms with E-state index in [-0.39, 0.29) is 5.91 Å². The van der Waals surface area contributed by atoms with Crippen LogP contribution >= 0.6 is 11.6 Å². The van der Waals surface area contributed by atoms with E-state index in [0.717, 1.165) is 34.9 Å². The minimum Gasteiger partial charge on any atom is -0.489 e. The van der Waals surface area contributed by atoms with E-state index in [1.807, 2.05) is 48.5 Å². The van der Waals surface area contributed by atoms with E-state index in [4.69, 9.17) is 16.3 Å². The summed E-state index contributed by atoms with van der Waals surface area (Å²) in [5.74, 6) is 0.823. The lowest BCUT2D eigenvalue weighted by Gasteiger charge is -2.09. The number of nitrogens with one attached hydrogen (secondary N) is 2. The van der Waals surface area contributed by atoms with Crippen molar-refractivity contribution in [1.82, 2.24) is 5.32 Å². The Morgan fingerprint density at radius 1 is 1.09 bits per heavy atom. The number of hydrogen-bond donors (Lipinski definition) is 2. The average Bonchev–Trinajstić information content (AvgIpc) is 3.37. The van der Waals surface area contributed by atoms with Crippen molar-refractivity contribution in [3.05, 3.63) is 59.1 Å². The minimum absolute atomic E-state index is 0.0376. The molecule has 0 bridgehead atoms. The highest BCUT2D eigenvalue weighted by molar-refractivity contribution is 6.30. The van der Waals surface area contributed by atoms with Crippen molar-refractivity contribution in [2.24, 2.45) is 0 Å². The van der Waals surface area contributed by atoms with Crippen LogP contribution in [-0.4, -0.2) is 18.5 Å². The Balaban J connectivity index is 1.44. The standard InChI is InChI=1S/C18H19ClN2O2/c19-14-3-1-13(2-4-14)12-23-17-9-7-15(8-10-17)20-11-18(22)21-16-5-6-16/h1-4,7-10,16,20H,5-6,11-12H2,(H,21,22). The van der Waals surface area contributed by atoms with Gasteiger partial charge in [0, 0.05) is 16.8 Å². The lowest BCUT2D eigenvalue weighted by molar-refractivity contribution is -0.119. The first-order valence-corrected chi connectivity index (χ1v) is 8.07. The third kappa shape index (κ3) is 5.18. The molecule has 0 saturated heterocycles.